The molecule has 2 N–H and O–H groups in total. The number of pyridine rings is 1. The number of hydrogen-bond donors (Lipinski definition) is 1. The van der Waals surface area contributed by atoms with Gasteiger partial charge in [-0.25, -0.2) is 4.98 Å². The second-order valence-electron chi connectivity index (χ2n) is 1.61. The first-order valence-electron chi connectivity index (χ1n) is 2.43. The van der Waals surface area contributed by atoms with Crippen LogP contribution in [0.5, 0.6) is 5.75 Å². The van der Waals surface area contributed by atoms with Crippen LogP contribution in [0.15, 0.2) is 16.7 Å². The molecule has 3 nitrogen and oxygen atoms in total. The van der Waals surface area contributed by atoms with Gasteiger partial charge in [-0.1, -0.05) is 0 Å². The van der Waals surface area contributed by atoms with Crippen molar-refractivity contribution in [3.8, 4) is 5.75 Å². The summed E-state index contributed by atoms with van der Waals surface area (Å²) in [5, 5.41) is 0. The SMILES string of the molecule is Nc1ncc(Br)cc1OCl. The van der Waals surface area contributed by atoms with Crippen LogP contribution in [0.4, 0.5) is 5.82 Å². The fraction of sp³-hybridized carbons (Fsp3) is 0. The second kappa shape index (κ2) is 3.07. The molecule has 5 heteroatoms. The third-order valence-electron chi connectivity index (χ3n) is 0.932. The van der Waals surface area contributed by atoms with Gasteiger partial charge in [0.2, 0.25) is 0 Å². The average Bonchev–Trinajstić information content (AvgIpc) is 1.94. The molecule has 0 bridgehead atoms. The van der Waals surface area contributed by atoms with Crippen molar-refractivity contribution in [3.63, 3.8) is 0 Å². The Bertz CT molecular complexity index is 243. The van der Waals surface area contributed by atoms with Gasteiger partial charge in [-0.05, 0) is 15.9 Å². The standard InChI is InChI=1S/C5H4BrClN2O/c6-3-1-4(10-7)5(8)9-2-3/h1-2H,(H2,8,9). The van der Waals surface area contributed by atoms with Gasteiger partial charge in [0.1, 0.15) is 11.9 Å². The minimum Gasteiger partial charge on any atom is -0.382 e. The van der Waals surface area contributed by atoms with E-state index in [0.717, 1.165) is 4.47 Å². The van der Waals surface area contributed by atoms with Gasteiger partial charge in [0.15, 0.2) is 11.6 Å². The van der Waals surface area contributed by atoms with Crippen LogP contribution in [0.2, 0.25) is 0 Å². The van der Waals surface area contributed by atoms with Crippen molar-refractivity contribution >= 4 is 33.6 Å². The smallest absolute Gasteiger partial charge is 0.189 e. The van der Waals surface area contributed by atoms with E-state index in [0.29, 0.717) is 5.75 Å². The molecule has 0 unspecified atom stereocenters. The van der Waals surface area contributed by atoms with Crippen LogP contribution >= 0.6 is 27.8 Å². The van der Waals surface area contributed by atoms with Crippen LogP contribution in [0.3, 0.4) is 0 Å². The maximum absolute atomic E-state index is 5.36. The maximum atomic E-state index is 5.36. The number of hydrogen-bond acceptors (Lipinski definition) is 3. The summed E-state index contributed by atoms with van der Waals surface area (Å²) in [6.45, 7) is 0. The highest BCUT2D eigenvalue weighted by Crippen LogP contribution is 2.23. The lowest BCUT2D eigenvalue weighted by Crippen LogP contribution is -1.91. The minimum absolute atomic E-state index is 0.276. The molecule has 0 atom stereocenters. The largest absolute Gasteiger partial charge is 0.382 e. The molecule has 0 saturated carbocycles. The first-order valence-corrected chi connectivity index (χ1v) is 3.54. The van der Waals surface area contributed by atoms with Gasteiger partial charge in [0.25, 0.3) is 0 Å². The molecule has 0 spiro atoms. The van der Waals surface area contributed by atoms with Gasteiger partial charge in [-0.15, -0.1) is 0 Å². The van der Waals surface area contributed by atoms with Gasteiger partial charge in [0, 0.05) is 16.7 Å². The highest BCUT2D eigenvalue weighted by atomic mass is 79.9. The number of nitrogens with two attached hydrogens (primary N) is 1. The molecule has 10 heavy (non-hydrogen) atoms. The summed E-state index contributed by atoms with van der Waals surface area (Å²) < 4.78 is 5.16. The van der Waals surface area contributed by atoms with Crippen LogP contribution in [-0.2, 0) is 0 Å². The van der Waals surface area contributed by atoms with Crippen LogP contribution in [0, 0.1) is 0 Å². The Kier molecular flexibility index (Phi) is 2.34. The summed E-state index contributed by atoms with van der Waals surface area (Å²) in [5.74, 6) is 0.634. The Labute approximate surface area is 71.4 Å². The zero-order chi connectivity index (χ0) is 7.56. The molecular weight excluding hydrogens is 219 g/mol. The van der Waals surface area contributed by atoms with Crippen LogP contribution in [0.1, 0.15) is 0 Å². The molecule has 1 aromatic rings. The number of anilines is 1. The maximum Gasteiger partial charge on any atom is 0.189 e. The average molecular weight is 223 g/mol. The number of rotatable bonds is 1. The summed E-state index contributed by atoms with van der Waals surface area (Å²) in [4.78, 5) is 3.77. The fourth-order valence-corrected chi connectivity index (χ4v) is 0.927. The Morgan fingerprint density at radius 1 is 1.70 bits per heavy atom. The van der Waals surface area contributed by atoms with Gasteiger partial charge in [-0.3, -0.25) is 0 Å². The minimum atomic E-state index is 0.276. The molecule has 1 rings (SSSR count). The van der Waals surface area contributed by atoms with Crippen molar-refractivity contribution in [1.29, 1.82) is 0 Å². The third-order valence-corrected chi connectivity index (χ3v) is 1.53. The van der Waals surface area contributed by atoms with E-state index in [-0.39, 0.29) is 5.82 Å². The van der Waals surface area contributed by atoms with Crippen molar-refractivity contribution < 1.29 is 4.29 Å². The van der Waals surface area contributed by atoms with E-state index in [1.807, 2.05) is 0 Å². The third kappa shape index (κ3) is 1.52. The van der Waals surface area contributed by atoms with Gasteiger partial charge in [0.05, 0.1) is 0 Å². The van der Waals surface area contributed by atoms with E-state index in [4.69, 9.17) is 17.6 Å². The summed E-state index contributed by atoms with van der Waals surface area (Å²) in [7, 11) is 0. The molecular formula is C5H4BrClN2O. The topological polar surface area (TPSA) is 48.1 Å². The van der Waals surface area contributed by atoms with Gasteiger partial charge < -0.3 is 10.0 Å². The zero-order valence-corrected chi connectivity index (χ0v) is 7.19. The van der Waals surface area contributed by atoms with Gasteiger partial charge >= 0.3 is 0 Å². The van der Waals surface area contributed by atoms with Gasteiger partial charge in [-0.2, -0.15) is 0 Å². The molecule has 0 aliphatic heterocycles. The molecule has 54 valence electrons. The van der Waals surface area contributed by atoms with E-state index in [2.05, 4.69) is 25.2 Å². The second-order valence-corrected chi connectivity index (χ2v) is 2.68. The molecule has 1 aromatic heterocycles. The number of nitrogen functional groups attached to an aromatic ring is 1. The van der Waals surface area contributed by atoms with E-state index in [9.17, 15) is 0 Å². The summed E-state index contributed by atoms with van der Waals surface area (Å²) in [6.07, 6.45) is 1.56. The molecule has 0 aliphatic carbocycles. The predicted octanol–water partition coefficient (Wildman–Crippen LogP) is 1.96. The van der Waals surface area contributed by atoms with E-state index < -0.39 is 0 Å². The first kappa shape index (κ1) is 7.63. The number of halogens is 2. The summed E-state index contributed by atoms with van der Waals surface area (Å²) >= 11 is 8.24. The Hall–Kier alpha value is -0.480. The molecule has 0 aromatic carbocycles. The molecule has 0 aliphatic rings. The molecule has 0 amide bonds. The van der Waals surface area contributed by atoms with Crippen molar-refractivity contribution in [2.75, 3.05) is 5.73 Å². The van der Waals surface area contributed by atoms with Crippen molar-refractivity contribution in [2.24, 2.45) is 0 Å². The lowest BCUT2D eigenvalue weighted by Gasteiger charge is -1.98. The highest BCUT2D eigenvalue weighted by Gasteiger charge is 2.00. The molecule has 1 heterocycles. The molecule has 0 radical (unpaired) electrons. The Morgan fingerprint density at radius 2 is 2.40 bits per heavy atom. The molecule has 0 saturated heterocycles. The lowest BCUT2D eigenvalue weighted by atomic mass is 10.4. The Morgan fingerprint density at radius 3 is 2.90 bits per heavy atom. The van der Waals surface area contributed by atoms with Crippen LogP contribution in [0.25, 0.3) is 0 Å². The monoisotopic (exact) mass is 222 g/mol. The predicted molar refractivity (Wildman–Crippen MR) is 42.8 cm³/mol. The fourth-order valence-electron chi connectivity index (χ4n) is 0.493. The molecule has 0 fully saturated rings. The van der Waals surface area contributed by atoms with E-state index in [1.165, 1.54) is 0 Å². The van der Waals surface area contributed by atoms with Crippen LogP contribution < -0.4 is 10.0 Å². The normalized spacial score (nSPS) is 9.40. The lowest BCUT2D eigenvalue weighted by molar-refractivity contribution is 0.618. The summed E-state index contributed by atoms with van der Waals surface area (Å²) in [5.41, 5.74) is 5.36. The van der Waals surface area contributed by atoms with Crippen molar-refractivity contribution in [2.45, 2.75) is 0 Å². The van der Waals surface area contributed by atoms with Crippen LogP contribution in [-0.4, -0.2) is 4.98 Å². The van der Waals surface area contributed by atoms with E-state index in [1.54, 1.807) is 12.3 Å². The number of nitrogens with zero attached hydrogens (tertiary/aromatic N) is 1. The van der Waals surface area contributed by atoms with Crippen molar-refractivity contribution in [1.82, 2.24) is 4.98 Å². The van der Waals surface area contributed by atoms with Crippen molar-refractivity contribution in [3.05, 3.63) is 16.7 Å². The first-order chi connectivity index (χ1) is 4.74. The summed E-state index contributed by atoms with van der Waals surface area (Å²) in [6, 6.07) is 1.63. The quantitative estimate of drug-likeness (QED) is 0.792. The highest BCUT2D eigenvalue weighted by molar-refractivity contribution is 9.10. The number of aromatic nitrogens is 1. The zero-order valence-electron chi connectivity index (χ0n) is 4.84. The van der Waals surface area contributed by atoms with E-state index >= 15 is 0 Å². The Balaban J connectivity index is 3.09.